The largest absolute Gasteiger partial charge is 0.667 e. The van der Waals surface area contributed by atoms with Gasteiger partial charge in [0.15, 0.2) is 0 Å². The van der Waals surface area contributed by atoms with Crippen molar-refractivity contribution in [2.24, 2.45) is 29.1 Å². The van der Waals surface area contributed by atoms with Crippen molar-refractivity contribution < 1.29 is 26.5 Å². The molecule has 0 aromatic carbocycles. The summed E-state index contributed by atoms with van der Waals surface area (Å²) in [5, 5.41) is 0.0630. The monoisotopic (exact) mass is 390 g/mol. The van der Waals surface area contributed by atoms with Crippen LogP contribution in [0.5, 0.6) is 0 Å². The van der Waals surface area contributed by atoms with Crippen LogP contribution in [0.1, 0.15) is 52.4 Å². The van der Waals surface area contributed by atoms with Gasteiger partial charge in [-0.2, -0.15) is 0 Å². The number of hydrogen-bond donors (Lipinski definition) is 0. The average molecular weight is 390 g/mol. The van der Waals surface area contributed by atoms with Gasteiger partial charge < -0.3 is 10.5 Å². The third-order valence-corrected chi connectivity index (χ3v) is 11.3. The van der Waals surface area contributed by atoms with E-state index >= 15 is 0 Å². The molecule has 0 aliphatic heterocycles. The fourth-order valence-corrected chi connectivity index (χ4v) is 11.7. The SMILES string of the molecule is CCC1=C(C2([SiH](C)C)C3CC4CC(C3)CC2(C([NH-])=O)C4)C(C)C=C1.[Ti]. The number of nitrogens with one attached hydrogen (secondary N) is 1. The van der Waals surface area contributed by atoms with Crippen molar-refractivity contribution >= 4 is 14.7 Å². The molecule has 25 heavy (non-hydrogen) atoms. The molecule has 0 aromatic heterocycles. The number of carbonyl (C=O) groups is 1. The first-order chi connectivity index (χ1) is 11.4. The van der Waals surface area contributed by atoms with Crippen LogP contribution in [0.2, 0.25) is 18.1 Å². The molecule has 0 aromatic rings. The maximum atomic E-state index is 12.9. The quantitative estimate of drug-likeness (QED) is 0.582. The Morgan fingerprint density at radius 2 is 1.84 bits per heavy atom. The Kier molecular flexibility index (Phi) is 5.10. The second-order valence-electron chi connectivity index (χ2n) is 9.42. The van der Waals surface area contributed by atoms with Crippen LogP contribution in [-0.2, 0) is 26.5 Å². The predicted octanol–water partition coefficient (Wildman–Crippen LogP) is 5.53. The van der Waals surface area contributed by atoms with E-state index in [1.165, 1.54) is 24.8 Å². The minimum atomic E-state index is -1.18. The predicted molar refractivity (Wildman–Crippen MR) is 103 cm³/mol. The first-order valence-corrected chi connectivity index (χ1v) is 12.9. The molecule has 5 rings (SSSR count). The molecule has 4 heteroatoms. The fraction of sp³-hybridized carbons (Fsp3) is 0.762. The average Bonchev–Trinajstić information content (AvgIpc) is 2.88. The van der Waals surface area contributed by atoms with Crippen molar-refractivity contribution in [2.75, 3.05) is 0 Å². The Bertz CT molecular complexity index is 626. The van der Waals surface area contributed by atoms with E-state index in [2.05, 4.69) is 39.1 Å². The van der Waals surface area contributed by atoms with Gasteiger partial charge in [-0.15, -0.1) is 0 Å². The Labute approximate surface area is 169 Å². The Hall–Kier alpha value is -0.119. The Morgan fingerprint density at radius 1 is 1.24 bits per heavy atom. The normalized spacial score (nSPS) is 44.5. The smallest absolute Gasteiger partial charge is 0.0556 e. The van der Waals surface area contributed by atoms with Crippen molar-refractivity contribution in [1.29, 1.82) is 0 Å². The van der Waals surface area contributed by atoms with Crippen molar-refractivity contribution in [3.63, 3.8) is 0 Å². The number of allylic oxidation sites excluding steroid dienone is 4. The van der Waals surface area contributed by atoms with Crippen LogP contribution < -0.4 is 0 Å². The van der Waals surface area contributed by atoms with Crippen molar-refractivity contribution in [2.45, 2.75) is 70.5 Å². The van der Waals surface area contributed by atoms with Gasteiger partial charge in [0.1, 0.15) is 0 Å². The summed E-state index contributed by atoms with van der Waals surface area (Å²) in [7, 11) is -1.18. The summed E-state index contributed by atoms with van der Waals surface area (Å²) in [6.45, 7) is 9.54. The molecule has 136 valence electrons. The standard InChI is InChI=1S/C21H33NOSi.Ti/c1-5-16-7-6-13(2)18(16)21(24(3)4)17-9-14-8-15(10-17)12-20(21,11-14)19(22)23;/h6-7,13-15,17,24H,5,8-12H2,1-4H3,(H2,22,23);/p-1. The van der Waals surface area contributed by atoms with Crippen LogP contribution in [-0.4, -0.2) is 14.7 Å². The van der Waals surface area contributed by atoms with Crippen LogP contribution in [0.25, 0.3) is 5.73 Å². The van der Waals surface area contributed by atoms with E-state index in [1.807, 2.05) is 0 Å². The molecule has 4 bridgehead atoms. The van der Waals surface area contributed by atoms with Gasteiger partial charge in [0.2, 0.25) is 0 Å². The molecule has 1 N–H and O–H groups in total. The van der Waals surface area contributed by atoms with E-state index < -0.39 is 8.80 Å². The zero-order valence-electron chi connectivity index (χ0n) is 16.2. The number of rotatable bonds is 4. The molecule has 5 aliphatic carbocycles. The molecule has 4 saturated carbocycles. The maximum absolute atomic E-state index is 12.9. The second-order valence-corrected chi connectivity index (χ2v) is 12.6. The molecule has 4 atom stereocenters. The second kappa shape index (κ2) is 6.49. The molecule has 1 amide bonds. The molecule has 5 aliphatic rings. The number of carbonyl (C=O) groups excluding carboxylic acids is 1. The van der Waals surface area contributed by atoms with Gasteiger partial charge in [-0.25, -0.2) is 0 Å². The molecule has 0 radical (unpaired) electrons. The van der Waals surface area contributed by atoms with Crippen molar-refractivity contribution in [3.8, 4) is 0 Å². The van der Waals surface area contributed by atoms with Crippen molar-refractivity contribution in [1.82, 2.24) is 0 Å². The van der Waals surface area contributed by atoms with Crippen LogP contribution in [0.3, 0.4) is 0 Å². The van der Waals surface area contributed by atoms with Crippen molar-refractivity contribution in [3.05, 3.63) is 29.0 Å². The van der Waals surface area contributed by atoms with E-state index in [9.17, 15) is 4.79 Å². The summed E-state index contributed by atoms with van der Waals surface area (Å²) in [5.74, 6) is 2.35. The number of amides is 1. The molecule has 0 spiro atoms. The van der Waals surface area contributed by atoms with Gasteiger partial charge in [-0.05, 0) is 72.8 Å². The van der Waals surface area contributed by atoms with Crippen LogP contribution in [0, 0.1) is 29.1 Å². The van der Waals surface area contributed by atoms with E-state index in [0.717, 1.165) is 19.3 Å². The third-order valence-electron chi connectivity index (χ3n) is 8.17. The van der Waals surface area contributed by atoms with Crippen LogP contribution in [0.15, 0.2) is 23.3 Å². The molecule has 4 fully saturated rings. The van der Waals surface area contributed by atoms with Crippen LogP contribution in [0.4, 0.5) is 0 Å². The van der Waals surface area contributed by atoms with Gasteiger partial charge in [0.05, 0.1) is 5.91 Å². The Morgan fingerprint density at radius 3 is 2.32 bits per heavy atom. The summed E-state index contributed by atoms with van der Waals surface area (Å²) in [5.41, 5.74) is 11.2. The third kappa shape index (κ3) is 2.34. The van der Waals surface area contributed by atoms with E-state index in [4.69, 9.17) is 5.73 Å². The fourth-order valence-electron chi connectivity index (χ4n) is 7.94. The summed E-state index contributed by atoms with van der Waals surface area (Å²) in [6.07, 6.45) is 11.8. The molecule has 2 nitrogen and oxygen atoms in total. The molecule has 0 saturated heterocycles. The maximum Gasteiger partial charge on any atom is 0.0556 e. The summed E-state index contributed by atoms with van der Waals surface area (Å²) < 4.78 is 0. The van der Waals surface area contributed by atoms with Gasteiger partial charge >= 0.3 is 0 Å². The zero-order valence-corrected chi connectivity index (χ0v) is 18.9. The van der Waals surface area contributed by atoms with Gasteiger partial charge in [-0.3, -0.25) is 0 Å². The first-order valence-electron chi connectivity index (χ1n) is 10.0. The minimum Gasteiger partial charge on any atom is -0.667 e. The molecular formula is C21H32NOSiTi-. The topological polar surface area (TPSA) is 40.9 Å². The molecule has 4 unspecified atom stereocenters. The number of hydrogen-bond acceptors (Lipinski definition) is 1. The summed E-state index contributed by atoms with van der Waals surface area (Å²) >= 11 is 0. The van der Waals surface area contributed by atoms with E-state index in [1.54, 1.807) is 5.57 Å². The van der Waals surface area contributed by atoms with Gasteiger partial charge in [0.25, 0.3) is 0 Å². The van der Waals surface area contributed by atoms with Gasteiger partial charge in [-0.1, -0.05) is 44.7 Å². The zero-order chi connectivity index (χ0) is 17.3. The van der Waals surface area contributed by atoms with E-state index in [0.29, 0.717) is 23.7 Å². The summed E-state index contributed by atoms with van der Waals surface area (Å²) in [4.78, 5) is 12.9. The Balaban J connectivity index is 0.00000182. The first kappa shape index (κ1) is 19.6. The van der Waals surface area contributed by atoms with Gasteiger partial charge in [0, 0.05) is 35.9 Å². The van der Waals surface area contributed by atoms with E-state index in [-0.39, 0.29) is 38.1 Å². The molecule has 0 heterocycles. The molecular weight excluding hydrogens is 358 g/mol. The minimum absolute atomic E-state index is 0. The summed E-state index contributed by atoms with van der Waals surface area (Å²) in [6, 6.07) is 0. The van der Waals surface area contributed by atoms with Crippen LogP contribution >= 0.6 is 0 Å².